The van der Waals surface area contributed by atoms with Gasteiger partial charge in [0.25, 0.3) is 0 Å². The van der Waals surface area contributed by atoms with Crippen LogP contribution in [0, 0.1) is 0 Å². The minimum Gasteiger partial charge on any atom is -0.372 e. The Kier molecular flexibility index (Phi) is 5.28. The first-order valence-electron chi connectivity index (χ1n) is 8.28. The number of carbonyl (C=O) groups excluding carboxylic acids is 1. The van der Waals surface area contributed by atoms with Crippen LogP contribution in [0.2, 0.25) is 0 Å². The Labute approximate surface area is 134 Å². The molecule has 0 N–H and O–H groups in total. The van der Waals surface area contributed by atoms with E-state index < -0.39 is 0 Å². The van der Waals surface area contributed by atoms with Crippen molar-refractivity contribution in [3.63, 3.8) is 0 Å². The Hall–Kier alpha value is -1.35. The van der Waals surface area contributed by atoms with Crippen molar-refractivity contribution in [1.82, 2.24) is 4.90 Å². The topological polar surface area (TPSA) is 29.5 Å². The molecule has 0 spiro atoms. The summed E-state index contributed by atoms with van der Waals surface area (Å²) in [7, 11) is 0. The Morgan fingerprint density at radius 1 is 1.14 bits per heavy atom. The summed E-state index contributed by atoms with van der Waals surface area (Å²) in [5, 5.41) is 0. The summed E-state index contributed by atoms with van der Waals surface area (Å²) in [6.07, 6.45) is 1.66. The largest absolute Gasteiger partial charge is 0.372 e. The molecule has 1 saturated heterocycles. The van der Waals surface area contributed by atoms with Crippen molar-refractivity contribution < 1.29 is 9.53 Å². The number of morpholine rings is 1. The number of rotatable bonds is 3. The van der Waals surface area contributed by atoms with Gasteiger partial charge in [-0.2, -0.15) is 0 Å². The lowest BCUT2D eigenvalue weighted by Gasteiger charge is -2.35. The van der Waals surface area contributed by atoms with Gasteiger partial charge in [-0.1, -0.05) is 45.0 Å². The SMILES string of the molecule is CC1CN(C(=O)CCc2ccc(C(C)(C)C)cc2)CC(C)O1. The predicted molar refractivity (Wildman–Crippen MR) is 90.1 cm³/mol. The first-order valence-corrected chi connectivity index (χ1v) is 8.28. The van der Waals surface area contributed by atoms with Crippen molar-refractivity contribution in [3.8, 4) is 0 Å². The van der Waals surface area contributed by atoms with Crippen molar-refractivity contribution in [2.24, 2.45) is 0 Å². The fraction of sp³-hybridized carbons (Fsp3) is 0.632. The Morgan fingerprint density at radius 3 is 2.18 bits per heavy atom. The van der Waals surface area contributed by atoms with Gasteiger partial charge in [0.2, 0.25) is 5.91 Å². The molecule has 0 saturated carbocycles. The zero-order valence-electron chi connectivity index (χ0n) is 14.6. The summed E-state index contributed by atoms with van der Waals surface area (Å²) < 4.78 is 5.68. The molecule has 1 amide bonds. The van der Waals surface area contributed by atoms with Crippen LogP contribution in [0.3, 0.4) is 0 Å². The third-order valence-electron chi connectivity index (χ3n) is 4.22. The van der Waals surface area contributed by atoms with Gasteiger partial charge in [-0.15, -0.1) is 0 Å². The molecule has 1 aliphatic rings. The van der Waals surface area contributed by atoms with Gasteiger partial charge in [-0.25, -0.2) is 0 Å². The maximum atomic E-state index is 12.4. The van der Waals surface area contributed by atoms with E-state index in [2.05, 4.69) is 45.0 Å². The molecule has 0 bridgehead atoms. The number of aryl methyl sites for hydroxylation is 1. The zero-order chi connectivity index (χ0) is 16.3. The Morgan fingerprint density at radius 2 is 1.68 bits per heavy atom. The number of carbonyl (C=O) groups is 1. The molecule has 0 aromatic heterocycles. The van der Waals surface area contributed by atoms with Gasteiger partial charge in [-0.3, -0.25) is 4.79 Å². The van der Waals surface area contributed by atoms with Crippen LogP contribution in [0.15, 0.2) is 24.3 Å². The van der Waals surface area contributed by atoms with E-state index in [1.165, 1.54) is 11.1 Å². The molecule has 0 radical (unpaired) electrons. The number of ether oxygens (including phenoxy) is 1. The molecular weight excluding hydrogens is 274 g/mol. The quantitative estimate of drug-likeness (QED) is 0.854. The molecule has 1 fully saturated rings. The third-order valence-corrected chi connectivity index (χ3v) is 4.22. The van der Waals surface area contributed by atoms with Crippen LogP contribution in [-0.2, 0) is 21.4 Å². The molecule has 22 heavy (non-hydrogen) atoms. The van der Waals surface area contributed by atoms with Crippen LogP contribution in [-0.4, -0.2) is 36.1 Å². The molecule has 1 aromatic rings. The van der Waals surface area contributed by atoms with Crippen molar-refractivity contribution in [1.29, 1.82) is 0 Å². The molecular formula is C19H29NO2. The van der Waals surface area contributed by atoms with Gasteiger partial charge in [-0.05, 0) is 36.8 Å². The number of hydrogen-bond acceptors (Lipinski definition) is 2. The lowest BCUT2D eigenvalue weighted by Crippen LogP contribution is -2.48. The maximum Gasteiger partial charge on any atom is 0.223 e. The first-order chi connectivity index (χ1) is 10.3. The van der Waals surface area contributed by atoms with Gasteiger partial charge < -0.3 is 9.64 Å². The molecule has 0 aliphatic carbocycles. The third kappa shape index (κ3) is 4.57. The number of benzene rings is 1. The van der Waals surface area contributed by atoms with Crippen LogP contribution in [0.1, 0.15) is 52.2 Å². The van der Waals surface area contributed by atoms with Crippen molar-refractivity contribution in [2.45, 2.75) is 65.1 Å². The van der Waals surface area contributed by atoms with E-state index in [-0.39, 0.29) is 23.5 Å². The van der Waals surface area contributed by atoms with Gasteiger partial charge in [0.1, 0.15) is 0 Å². The average molecular weight is 303 g/mol. The molecule has 1 aliphatic heterocycles. The highest BCUT2D eigenvalue weighted by molar-refractivity contribution is 5.76. The summed E-state index contributed by atoms with van der Waals surface area (Å²) in [6.45, 7) is 12.1. The Bertz CT molecular complexity index is 491. The van der Waals surface area contributed by atoms with Crippen LogP contribution < -0.4 is 0 Å². The normalized spacial score (nSPS) is 22.7. The molecule has 3 heteroatoms. The molecule has 1 aromatic carbocycles. The number of nitrogens with zero attached hydrogens (tertiary/aromatic N) is 1. The summed E-state index contributed by atoms with van der Waals surface area (Å²) in [6, 6.07) is 8.66. The highest BCUT2D eigenvalue weighted by atomic mass is 16.5. The molecule has 2 atom stereocenters. The lowest BCUT2D eigenvalue weighted by molar-refractivity contribution is -0.143. The molecule has 3 nitrogen and oxygen atoms in total. The minimum atomic E-state index is 0.138. The second-order valence-electron chi connectivity index (χ2n) is 7.50. The molecule has 2 rings (SSSR count). The lowest BCUT2D eigenvalue weighted by atomic mass is 9.86. The predicted octanol–water partition coefficient (Wildman–Crippen LogP) is 3.55. The van der Waals surface area contributed by atoms with Crippen molar-refractivity contribution in [2.75, 3.05) is 13.1 Å². The van der Waals surface area contributed by atoms with E-state index in [1.54, 1.807) is 0 Å². The van der Waals surface area contributed by atoms with Crippen LogP contribution in [0.4, 0.5) is 0 Å². The highest BCUT2D eigenvalue weighted by Gasteiger charge is 2.25. The van der Waals surface area contributed by atoms with Crippen LogP contribution in [0.25, 0.3) is 0 Å². The second-order valence-corrected chi connectivity index (χ2v) is 7.50. The summed E-state index contributed by atoms with van der Waals surface area (Å²) in [5.41, 5.74) is 2.74. The number of amides is 1. The van der Waals surface area contributed by atoms with Crippen LogP contribution >= 0.6 is 0 Å². The van der Waals surface area contributed by atoms with Gasteiger partial charge in [0.15, 0.2) is 0 Å². The van der Waals surface area contributed by atoms with Gasteiger partial charge in [0, 0.05) is 19.5 Å². The van der Waals surface area contributed by atoms with E-state index in [0.29, 0.717) is 19.5 Å². The maximum absolute atomic E-state index is 12.4. The summed E-state index contributed by atoms with van der Waals surface area (Å²) in [4.78, 5) is 14.3. The minimum absolute atomic E-state index is 0.138. The zero-order valence-corrected chi connectivity index (χ0v) is 14.6. The standard InChI is InChI=1S/C19H29NO2/c1-14-12-20(13-15(2)22-14)18(21)11-8-16-6-9-17(10-7-16)19(3,4)5/h6-7,9-10,14-15H,8,11-13H2,1-5H3. The fourth-order valence-corrected chi connectivity index (χ4v) is 2.96. The smallest absolute Gasteiger partial charge is 0.223 e. The average Bonchev–Trinajstić information content (AvgIpc) is 2.43. The van der Waals surface area contributed by atoms with Gasteiger partial charge >= 0.3 is 0 Å². The van der Waals surface area contributed by atoms with Crippen molar-refractivity contribution in [3.05, 3.63) is 35.4 Å². The van der Waals surface area contributed by atoms with Crippen molar-refractivity contribution >= 4 is 5.91 Å². The van der Waals surface area contributed by atoms with E-state index in [0.717, 1.165) is 6.42 Å². The fourth-order valence-electron chi connectivity index (χ4n) is 2.96. The molecule has 1 heterocycles. The van der Waals surface area contributed by atoms with E-state index in [9.17, 15) is 4.79 Å². The number of hydrogen-bond donors (Lipinski definition) is 0. The summed E-state index contributed by atoms with van der Waals surface area (Å²) >= 11 is 0. The highest BCUT2D eigenvalue weighted by Crippen LogP contribution is 2.22. The van der Waals surface area contributed by atoms with Crippen LogP contribution in [0.5, 0.6) is 0 Å². The van der Waals surface area contributed by atoms with E-state index in [1.807, 2.05) is 18.7 Å². The first kappa shape index (κ1) is 17.0. The van der Waals surface area contributed by atoms with Gasteiger partial charge in [0.05, 0.1) is 12.2 Å². The monoisotopic (exact) mass is 303 g/mol. The molecule has 122 valence electrons. The summed E-state index contributed by atoms with van der Waals surface area (Å²) in [5.74, 6) is 0.238. The van der Waals surface area contributed by atoms with E-state index >= 15 is 0 Å². The Balaban J connectivity index is 1.88. The second kappa shape index (κ2) is 6.82. The molecule has 2 unspecified atom stereocenters. The van der Waals surface area contributed by atoms with E-state index in [4.69, 9.17) is 4.74 Å².